The summed E-state index contributed by atoms with van der Waals surface area (Å²) in [5.41, 5.74) is 0.940. The molecule has 1 aromatic heterocycles. The lowest BCUT2D eigenvalue weighted by Crippen LogP contribution is -2.51. The number of amides is 1. The van der Waals surface area contributed by atoms with E-state index in [4.69, 9.17) is 9.47 Å². The van der Waals surface area contributed by atoms with Crippen molar-refractivity contribution >= 4 is 5.91 Å². The molecule has 1 N–H and O–H groups in total. The maximum absolute atomic E-state index is 13.5. The number of carbonyl (C=O) groups is 1. The highest BCUT2D eigenvalue weighted by atomic mass is 16.5. The van der Waals surface area contributed by atoms with Crippen molar-refractivity contribution in [2.24, 2.45) is 5.41 Å². The number of nitrogens with zero attached hydrogens (tertiary/aromatic N) is 3. The first-order valence-corrected chi connectivity index (χ1v) is 12.9. The number of piperidine rings is 1. The van der Waals surface area contributed by atoms with E-state index < -0.39 is 0 Å². The number of hydrogen-bond acceptors (Lipinski definition) is 6. The monoisotopic (exact) mass is 479 g/mol. The van der Waals surface area contributed by atoms with Crippen LogP contribution in [0.5, 0.6) is 17.4 Å². The quantitative estimate of drug-likeness (QED) is 0.689. The van der Waals surface area contributed by atoms with Crippen molar-refractivity contribution in [1.82, 2.24) is 14.8 Å². The summed E-state index contributed by atoms with van der Waals surface area (Å²) in [5, 5.41) is 10.2. The molecule has 2 aromatic rings. The van der Waals surface area contributed by atoms with Gasteiger partial charge in [0.15, 0.2) is 11.5 Å². The Labute approximate surface area is 208 Å². The van der Waals surface area contributed by atoms with E-state index in [1.807, 2.05) is 36.4 Å². The molecule has 7 heteroatoms. The fraction of sp³-hybridized carbons (Fsp3) is 0.571. The molecule has 35 heavy (non-hydrogen) atoms. The topological polar surface area (TPSA) is 75.1 Å². The minimum Gasteiger partial charge on any atom is -0.489 e. The molecule has 0 spiro atoms. The SMILES string of the molecule is CC1(C)CCCN(CC(=O)N2C3CCC2CC(O)C3)Cc2cccnc2Oc2ccccc2OC1. The summed E-state index contributed by atoms with van der Waals surface area (Å²) in [6.07, 6.45) is 6.82. The molecular weight excluding hydrogens is 442 g/mol. The zero-order chi connectivity index (χ0) is 24.4. The van der Waals surface area contributed by atoms with E-state index in [-0.39, 0.29) is 29.5 Å². The zero-order valence-corrected chi connectivity index (χ0v) is 20.9. The molecule has 4 heterocycles. The maximum Gasteiger partial charge on any atom is 0.237 e. The summed E-state index contributed by atoms with van der Waals surface area (Å²) in [6.45, 7) is 6.79. The van der Waals surface area contributed by atoms with Crippen LogP contribution in [0.4, 0.5) is 0 Å². The Balaban J connectivity index is 1.39. The predicted octanol–water partition coefficient (Wildman–Crippen LogP) is 4.39. The number of aromatic nitrogens is 1. The molecule has 2 bridgehead atoms. The fourth-order valence-corrected chi connectivity index (χ4v) is 5.80. The van der Waals surface area contributed by atoms with E-state index in [9.17, 15) is 9.90 Å². The number of ether oxygens (including phenoxy) is 2. The number of fused-ring (bicyclic) bond motifs is 4. The van der Waals surface area contributed by atoms with E-state index >= 15 is 0 Å². The number of aliphatic hydroxyl groups excluding tert-OH is 1. The third kappa shape index (κ3) is 5.62. The number of hydrogen-bond donors (Lipinski definition) is 1. The van der Waals surface area contributed by atoms with E-state index in [1.54, 1.807) is 6.20 Å². The second-order valence-electron chi connectivity index (χ2n) is 11.1. The van der Waals surface area contributed by atoms with Crippen molar-refractivity contribution in [3.05, 3.63) is 48.2 Å². The Morgan fingerprint density at radius 1 is 1.11 bits per heavy atom. The highest BCUT2D eigenvalue weighted by Crippen LogP contribution is 2.37. The van der Waals surface area contributed by atoms with Gasteiger partial charge in [-0.15, -0.1) is 0 Å². The zero-order valence-electron chi connectivity index (χ0n) is 20.9. The van der Waals surface area contributed by atoms with Gasteiger partial charge in [-0.2, -0.15) is 0 Å². The van der Waals surface area contributed by atoms with Crippen molar-refractivity contribution in [1.29, 1.82) is 0 Å². The van der Waals surface area contributed by atoms with E-state index in [1.165, 1.54) is 0 Å². The van der Waals surface area contributed by atoms with Crippen molar-refractivity contribution < 1.29 is 19.4 Å². The third-order valence-electron chi connectivity index (χ3n) is 7.60. The van der Waals surface area contributed by atoms with Crippen LogP contribution in [-0.2, 0) is 11.3 Å². The lowest BCUT2D eigenvalue weighted by atomic mass is 9.88. The van der Waals surface area contributed by atoms with Gasteiger partial charge in [0.05, 0.1) is 19.3 Å². The molecule has 1 aromatic carbocycles. The van der Waals surface area contributed by atoms with Gasteiger partial charge in [-0.3, -0.25) is 9.69 Å². The smallest absolute Gasteiger partial charge is 0.237 e. The summed E-state index contributed by atoms with van der Waals surface area (Å²) >= 11 is 0. The van der Waals surface area contributed by atoms with Gasteiger partial charge >= 0.3 is 0 Å². The van der Waals surface area contributed by atoms with Gasteiger partial charge in [0.25, 0.3) is 0 Å². The molecule has 0 radical (unpaired) electrons. The maximum atomic E-state index is 13.5. The van der Waals surface area contributed by atoms with E-state index in [2.05, 4.69) is 28.6 Å². The first kappa shape index (κ1) is 24.1. The van der Waals surface area contributed by atoms with Crippen LogP contribution in [0.25, 0.3) is 0 Å². The van der Waals surface area contributed by atoms with Crippen molar-refractivity contribution in [2.75, 3.05) is 19.7 Å². The lowest BCUT2D eigenvalue weighted by molar-refractivity contribution is -0.138. The summed E-state index contributed by atoms with van der Waals surface area (Å²) in [6, 6.07) is 12.0. The molecule has 2 saturated heterocycles. The van der Waals surface area contributed by atoms with Crippen LogP contribution in [0.2, 0.25) is 0 Å². The largest absolute Gasteiger partial charge is 0.489 e. The molecular formula is C28H37N3O4. The molecule has 1 amide bonds. The van der Waals surface area contributed by atoms with Gasteiger partial charge in [-0.05, 0) is 68.7 Å². The fourth-order valence-electron chi connectivity index (χ4n) is 5.80. The number of carbonyl (C=O) groups excluding carboxylic acids is 1. The van der Waals surface area contributed by atoms with Crippen LogP contribution in [0.15, 0.2) is 42.6 Å². The molecule has 2 atom stereocenters. The average Bonchev–Trinajstić information content (AvgIpc) is 3.10. The molecule has 3 aliphatic heterocycles. The lowest BCUT2D eigenvalue weighted by Gasteiger charge is -2.38. The normalized spacial score (nSPS) is 26.7. The van der Waals surface area contributed by atoms with Crippen LogP contribution in [0, 0.1) is 5.41 Å². The van der Waals surface area contributed by atoms with Gasteiger partial charge < -0.3 is 19.5 Å². The second kappa shape index (κ2) is 10.2. The van der Waals surface area contributed by atoms with Crippen LogP contribution >= 0.6 is 0 Å². The molecule has 7 nitrogen and oxygen atoms in total. The summed E-state index contributed by atoms with van der Waals surface area (Å²) in [4.78, 5) is 22.3. The average molecular weight is 480 g/mol. The van der Waals surface area contributed by atoms with Crippen LogP contribution in [-0.4, -0.2) is 63.7 Å². The standard InChI is InChI=1S/C28H37N3O4/c1-28(2)12-6-14-30(18-26(33)31-21-10-11-22(31)16-23(32)15-21)17-20-7-5-13-29-27(20)35-25-9-4-3-8-24(25)34-19-28/h3-5,7-9,13,21-23,32H,6,10-12,14-19H2,1-2H3. The number of rotatable bonds is 2. The summed E-state index contributed by atoms with van der Waals surface area (Å²) in [5.74, 6) is 2.08. The molecule has 5 rings (SSSR count). The van der Waals surface area contributed by atoms with Crippen LogP contribution < -0.4 is 9.47 Å². The van der Waals surface area contributed by atoms with Gasteiger partial charge in [0, 0.05) is 30.4 Å². The molecule has 0 saturated carbocycles. The highest BCUT2D eigenvalue weighted by Gasteiger charge is 2.42. The predicted molar refractivity (Wildman–Crippen MR) is 133 cm³/mol. The van der Waals surface area contributed by atoms with Gasteiger partial charge in [0.1, 0.15) is 0 Å². The third-order valence-corrected chi connectivity index (χ3v) is 7.60. The van der Waals surface area contributed by atoms with Crippen molar-refractivity contribution in [2.45, 2.75) is 77.1 Å². The highest BCUT2D eigenvalue weighted by molar-refractivity contribution is 5.79. The first-order valence-electron chi connectivity index (χ1n) is 12.9. The number of benzene rings is 1. The molecule has 2 unspecified atom stereocenters. The molecule has 188 valence electrons. The second-order valence-corrected chi connectivity index (χ2v) is 11.1. The van der Waals surface area contributed by atoms with E-state index in [0.29, 0.717) is 49.9 Å². The Morgan fingerprint density at radius 2 is 1.86 bits per heavy atom. The van der Waals surface area contributed by atoms with Crippen LogP contribution in [0.3, 0.4) is 0 Å². The van der Waals surface area contributed by atoms with Gasteiger partial charge in [-0.1, -0.05) is 32.0 Å². The number of aliphatic hydroxyl groups is 1. The van der Waals surface area contributed by atoms with Crippen molar-refractivity contribution in [3.8, 4) is 17.4 Å². The Hall–Kier alpha value is -2.64. The number of pyridine rings is 1. The molecule has 0 aliphatic carbocycles. The summed E-state index contributed by atoms with van der Waals surface area (Å²) < 4.78 is 12.5. The molecule has 2 fully saturated rings. The Bertz CT molecular complexity index is 1030. The van der Waals surface area contributed by atoms with Gasteiger partial charge in [0.2, 0.25) is 11.8 Å². The minimum absolute atomic E-state index is 0.00986. The Morgan fingerprint density at radius 3 is 2.63 bits per heavy atom. The van der Waals surface area contributed by atoms with Crippen LogP contribution in [0.1, 0.15) is 57.9 Å². The number of para-hydroxylation sites is 2. The first-order chi connectivity index (χ1) is 16.9. The van der Waals surface area contributed by atoms with Crippen molar-refractivity contribution in [3.63, 3.8) is 0 Å². The van der Waals surface area contributed by atoms with Gasteiger partial charge in [-0.25, -0.2) is 4.98 Å². The minimum atomic E-state index is -0.274. The molecule has 3 aliphatic rings. The van der Waals surface area contributed by atoms with E-state index in [0.717, 1.165) is 37.8 Å². The summed E-state index contributed by atoms with van der Waals surface area (Å²) in [7, 11) is 0. The Kier molecular flexibility index (Phi) is 6.98.